The van der Waals surface area contributed by atoms with Gasteiger partial charge in [-0.1, -0.05) is 26.0 Å². The van der Waals surface area contributed by atoms with Gasteiger partial charge >= 0.3 is 0 Å². The average molecular weight is 515 g/mol. The third-order valence-corrected chi connectivity index (χ3v) is 6.33. The number of nitrogens with zero attached hydrogens (tertiary/aromatic N) is 3. The second-order valence-electron chi connectivity index (χ2n) is 9.57. The van der Waals surface area contributed by atoms with Crippen molar-refractivity contribution in [3.05, 3.63) is 82.9 Å². The van der Waals surface area contributed by atoms with E-state index >= 15 is 4.39 Å². The van der Waals surface area contributed by atoms with Gasteiger partial charge in [0.2, 0.25) is 0 Å². The summed E-state index contributed by atoms with van der Waals surface area (Å²) in [5.74, 6) is -2.09. The van der Waals surface area contributed by atoms with Gasteiger partial charge in [0, 0.05) is 43.0 Å². The zero-order valence-corrected chi connectivity index (χ0v) is 22.2. The molecule has 0 amide bonds. The summed E-state index contributed by atoms with van der Waals surface area (Å²) in [7, 11) is 0. The Bertz CT molecular complexity index is 1110. The Morgan fingerprint density at radius 1 is 1.19 bits per heavy atom. The first-order valence-electron chi connectivity index (χ1n) is 12.8. The smallest absolute Gasteiger partial charge is 0.286 e. The largest absolute Gasteiger partial charge is 0.493 e. The fourth-order valence-corrected chi connectivity index (χ4v) is 4.18. The van der Waals surface area contributed by atoms with Crippen LogP contribution in [0.2, 0.25) is 0 Å². The number of halogens is 3. The maximum atomic E-state index is 15.2. The minimum Gasteiger partial charge on any atom is -0.493 e. The van der Waals surface area contributed by atoms with E-state index in [2.05, 4.69) is 40.8 Å². The van der Waals surface area contributed by atoms with Crippen molar-refractivity contribution in [1.82, 2.24) is 10.3 Å². The number of benzene rings is 1. The van der Waals surface area contributed by atoms with Crippen LogP contribution < -0.4 is 10.2 Å². The molecule has 0 radical (unpaired) electrons. The number of ether oxygens (including phenoxy) is 1. The molecule has 8 heteroatoms. The third kappa shape index (κ3) is 7.60. The summed E-state index contributed by atoms with van der Waals surface area (Å²) in [4.78, 5) is 10.1. The maximum absolute atomic E-state index is 15.2. The minimum atomic E-state index is -2.98. The normalized spacial score (nSPS) is 15.3. The van der Waals surface area contributed by atoms with Crippen molar-refractivity contribution >= 4 is 12.4 Å². The number of allylic oxidation sites excluding steroid dienone is 3. The highest BCUT2D eigenvalue weighted by atomic mass is 19.3. The molecule has 1 aromatic heterocycles. The number of aliphatic imine (C=N–C) groups is 1. The molecule has 0 saturated heterocycles. The molecular weight excluding hydrogens is 477 g/mol. The van der Waals surface area contributed by atoms with Crippen molar-refractivity contribution in [2.24, 2.45) is 4.99 Å². The van der Waals surface area contributed by atoms with Crippen LogP contribution >= 0.6 is 0 Å². The summed E-state index contributed by atoms with van der Waals surface area (Å²) in [5.41, 5.74) is 1.43. The average Bonchev–Trinajstić information content (AvgIpc) is 3.65. The predicted molar refractivity (Wildman–Crippen MR) is 143 cm³/mol. The van der Waals surface area contributed by atoms with Crippen molar-refractivity contribution in [3.63, 3.8) is 0 Å². The Kier molecular flexibility index (Phi) is 9.40. The summed E-state index contributed by atoms with van der Waals surface area (Å²) in [5, 5.41) is 3.36. The number of aromatic nitrogens is 1. The van der Waals surface area contributed by atoms with Gasteiger partial charge in [-0.25, -0.2) is 9.38 Å². The lowest BCUT2D eigenvalue weighted by atomic mass is 10.0. The molecule has 1 aromatic carbocycles. The van der Waals surface area contributed by atoms with Gasteiger partial charge in [-0.05, 0) is 69.7 Å². The quantitative estimate of drug-likeness (QED) is 0.165. The van der Waals surface area contributed by atoms with Crippen LogP contribution in [0.25, 0.3) is 0 Å². The van der Waals surface area contributed by atoms with Gasteiger partial charge in [0.05, 0.1) is 11.3 Å². The third-order valence-electron chi connectivity index (χ3n) is 6.33. The van der Waals surface area contributed by atoms with Gasteiger partial charge < -0.3 is 15.0 Å². The van der Waals surface area contributed by atoms with Crippen LogP contribution in [0.15, 0.2) is 65.3 Å². The van der Waals surface area contributed by atoms with E-state index in [9.17, 15) is 8.78 Å². The first-order valence-corrected chi connectivity index (χ1v) is 12.8. The van der Waals surface area contributed by atoms with Crippen LogP contribution in [0.1, 0.15) is 70.2 Å². The number of alkyl halides is 2. The van der Waals surface area contributed by atoms with Gasteiger partial charge in [0.1, 0.15) is 23.9 Å². The van der Waals surface area contributed by atoms with E-state index in [0.717, 1.165) is 51.4 Å². The zero-order chi connectivity index (χ0) is 27.1. The molecule has 1 N–H and O–H groups in total. The van der Waals surface area contributed by atoms with Crippen molar-refractivity contribution in [2.45, 2.75) is 71.4 Å². The van der Waals surface area contributed by atoms with E-state index in [0.29, 0.717) is 22.7 Å². The molecule has 1 aliphatic carbocycles. The number of hydrogen-bond donors (Lipinski definition) is 1. The summed E-state index contributed by atoms with van der Waals surface area (Å²) < 4.78 is 47.6. The van der Waals surface area contributed by atoms with Crippen LogP contribution in [-0.2, 0) is 22.8 Å². The molecule has 3 rings (SSSR count). The Labute approximate surface area is 218 Å². The predicted octanol–water partition coefficient (Wildman–Crippen LogP) is 7.20. The fourth-order valence-electron chi connectivity index (χ4n) is 4.18. The number of hydrogen-bond acceptors (Lipinski definition) is 5. The van der Waals surface area contributed by atoms with Gasteiger partial charge in [-0.2, -0.15) is 8.78 Å². The monoisotopic (exact) mass is 514 g/mol. The van der Waals surface area contributed by atoms with E-state index < -0.39 is 11.5 Å². The first kappa shape index (κ1) is 28.3. The molecule has 1 saturated carbocycles. The summed E-state index contributed by atoms with van der Waals surface area (Å²) in [6, 6.07) is 8.38. The zero-order valence-electron chi connectivity index (χ0n) is 22.2. The second-order valence-corrected chi connectivity index (χ2v) is 9.57. The Balaban J connectivity index is 1.65. The van der Waals surface area contributed by atoms with Crippen LogP contribution in [0.3, 0.4) is 0 Å². The fraction of sp³-hybridized carbons (Fsp3) is 0.448. The number of nitrogens with one attached hydrogen (secondary N) is 1. The topological polar surface area (TPSA) is 49.8 Å². The molecule has 200 valence electrons. The van der Waals surface area contributed by atoms with Gasteiger partial charge in [-0.15, -0.1) is 0 Å². The lowest BCUT2D eigenvalue weighted by Crippen LogP contribution is -2.29. The highest BCUT2D eigenvalue weighted by molar-refractivity contribution is 5.50. The van der Waals surface area contributed by atoms with E-state index in [1.54, 1.807) is 31.2 Å². The Morgan fingerprint density at radius 3 is 2.41 bits per heavy atom. The van der Waals surface area contributed by atoms with Crippen molar-refractivity contribution in [3.8, 4) is 0 Å². The summed E-state index contributed by atoms with van der Waals surface area (Å²) in [6.07, 6.45) is 8.46. The van der Waals surface area contributed by atoms with E-state index in [4.69, 9.17) is 4.74 Å². The highest BCUT2D eigenvalue weighted by Crippen LogP contribution is 2.47. The molecule has 0 bridgehead atoms. The molecule has 0 atom stereocenters. The molecule has 37 heavy (non-hydrogen) atoms. The summed E-state index contributed by atoms with van der Waals surface area (Å²) in [6.45, 7) is 12.5. The number of anilines is 1. The standard InChI is InChI=1S/C29H37F3N4O/c1-6-16-36(17-7-2)23-10-11-24(25(30)18-23)29(14-15-29)35-27(33-5)13-8-21(3)37-20-22-9-12-26(34-19-22)28(4,31)32/h8-13,18-19,35H,5-7,14-17,20H2,1-4H3/b21-8+,27-13+. The van der Waals surface area contributed by atoms with Gasteiger partial charge in [0.25, 0.3) is 5.92 Å². The van der Waals surface area contributed by atoms with Gasteiger partial charge in [-0.3, -0.25) is 4.98 Å². The van der Waals surface area contributed by atoms with Crippen LogP contribution in [0.4, 0.5) is 18.9 Å². The second kappa shape index (κ2) is 12.3. The van der Waals surface area contributed by atoms with Crippen molar-refractivity contribution < 1.29 is 17.9 Å². The summed E-state index contributed by atoms with van der Waals surface area (Å²) >= 11 is 0. The molecule has 0 spiro atoms. The Morgan fingerprint density at radius 2 is 1.89 bits per heavy atom. The van der Waals surface area contributed by atoms with Crippen LogP contribution in [0, 0.1) is 5.82 Å². The molecule has 1 fully saturated rings. The number of pyridine rings is 1. The molecular formula is C29H37F3N4O. The highest BCUT2D eigenvalue weighted by Gasteiger charge is 2.46. The molecule has 1 aliphatic rings. The van der Waals surface area contributed by atoms with Crippen LogP contribution in [-0.4, -0.2) is 24.8 Å². The maximum Gasteiger partial charge on any atom is 0.286 e. The molecule has 0 unspecified atom stereocenters. The lowest BCUT2D eigenvalue weighted by Gasteiger charge is -2.26. The van der Waals surface area contributed by atoms with E-state index in [-0.39, 0.29) is 18.1 Å². The first-order chi connectivity index (χ1) is 17.6. The van der Waals surface area contributed by atoms with Crippen molar-refractivity contribution in [2.75, 3.05) is 18.0 Å². The van der Waals surface area contributed by atoms with E-state index in [1.165, 1.54) is 12.3 Å². The molecule has 1 heterocycles. The molecule has 0 aliphatic heterocycles. The molecule has 2 aromatic rings. The lowest BCUT2D eigenvalue weighted by molar-refractivity contribution is 0.0127. The Hall–Kier alpha value is -3.29. The minimum absolute atomic E-state index is 0.192. The van der Waals surface area contributed by atoms with Crippen LogP contribution in [0.5, 0.6) is 0 Å². The SMILES string of the molecule is C=N/C(=C\C=C(/C)OCc1ccc(C(C)(F)F)nc1)NC1(c2ccc(N(CCC)CCC)cc2F)CC1. The van der Waals surface area contributed by atoms with E-state index in [1.807, 2.05) is 12.1 Å². The van der Waals surface area contributed by atoms with Crippen molar-refractivity contribution in [1.29, 1.82) is 0 Å². The number of rotatable bonds is 14. The molecule has 5 nitrogen and oxygen atoms in total. The van der Waals surface area contributed by atoms with Gasteiger partial charge in [0.15, 0.2) is 0 Å².